The Balaban J connectivity index is 2.07. The zero-order valence-electron chi connectivity index (χ0n) is 11.7. The smallest absolute Gasteiger partial charge is 0.311 e. The molecule has 4 nitrogen and oxygen atoms in total. The normalized spacial score (nSPS) is 21.6. The molecule has 0 bridgehead atoms. The van der Waals surface area contributed by atoms with E-state index in [1.165, 1.54) is 0 Å². The number of carbonyl (C=O) groups is 2. The molecule has 0 aromatic heterocycles. The maximum atomic E-state index is 12.3. The van der Waals surface area contributed by atoms with Gasteiger partial charge >= 0.3 is 5.97 Å². The highest BCUT2D eigenvalue weighted by atomic mass is 35.5. The largest absolute Gasteiger partial charge is 0.481 e. The fourth-order valence-electron chi connectivity index (χ4n) is 2.64. The van der Waals surface area contributed by atoms with Crippen LogP contribution in [0.4, 0.5) is 0 Å². The summed E-state index contributed by atoms with van der Waals surface area (Å²) in [6, 6.07) is 5.01. The van der Waals surface area contributed by atoms with Gasteiger partial charge in [-0.15, -0.1) is 0 Å². The van der Waals surface area contributed by atoms with Gasteiger partial charge in [0.25, 0.3) is 0 Å². The van der Waals surface area contributed by atoms with Gasteiger partial charge in [-0.2, -0.15) is 0 Å². The highest BCUT2D eigenvalue weighted by Gasteiger charge is 2.44. The van der Waals surface area contributed by atoms with E-state index in [9.17, 15) is 14.7 Å². The van der Waals surface area contributed by atoms with Gasteiger partial charge in [-0.3, -0.25) is 9.59 Å². The second kappa shape index (κ2) is 6.24. The third kappa shape index (κ3) is 3.33. The van der Waals surface area contributed by atoms with E-state index >= 15 is 0 Å². The van der Waals surface area contributed by atoms with Crippen LogP contribution in [0.5, 0.6) is 0 Å². The van der Waals surface area contributed by atoms with Crippen molar-refractivity contribution in [2.75, 3.05) is 13.1 Å². The van der Waals surface area contributed by atoms with Gasteiger partial charge in [-0.1, -0.05) is 36.2 Å². The van der Waals surface area contributed by atoms with Gasteiger partial charge < -0.3 is 10.0 Å². The van der Waals surface area contributed by atoms with E-state index in [0.29, 0.717) is 35.0 Å². The summed E-state index contributed by atoms with van der Waals surface area (Å²) in [6.45, 7) is 2.59. The topological polar surface area (TPSA) is 57.6 Å². The molecule has 0 saturated carbocycles. The number of benzene rings is 1. The second-order valence-corrected chi connectivity index (χ2v) is 6.26. The van der Waals surface area contributed by atoms with Crippen molar-refractivity contribution in [1.82, 2.24) is 4.90 Å². The standard InChI is InChI=1S/C15H17Cl2NO3/c1-2-15(14(20)21)5-6-18(9-15)13(19)7-10-3-4-11(16)8-12(10)17/h3-4,8H,2,5-7,9H2,1H3,(H,20,21). The zero-order valence-corrected chi connectivity index (χ0v) is 13.2. The number of carboxylic acid groups (broad SMARTS) is 1. The predicted octanol–water partition coefficient (Wildman–Crippen LogP) is 3.25. The molecular formula is C15H17Cl2NO3. The Morgan fingerprint density at radius 2 is 2.10 bits per heavy atom. The number of hydrogen-bond donors (Lipinski definition) is 1. The number of likely N-dealkylation sites (tertiary alicyclic amines) is 1. The molecule has 2 rings (SSSR count). The van der Waals surface area contributed by atoms with Gasteiger partial charge in [-0.05, 0) is 30.5 Å². The number of amides is 1. The molecule has 1 aliphatic rings. The lowest BCUT2D eigenvalue weighted by molar-refractivity contribution is -0.148. The molecule has 1 aromatic rings. The molecule has 0 radical (unpaired) electrons. The van der Waals surface area contributed by atoms with Crippen molar-refractivity contribution in [2.45, 2.75) is 26.2 Å². The van der Waals surface area contributed by atoms with Gasteiger partial charge in [-0.25, -0.2) is 0 Å². The maximum Gasteiger partial charge on any atom is 0.311 e. The van der Waals surface area contributed by atoms with E-state index in [1.54, 1.807) is 23.1 Å². The first kappa shape index (κ1) is 16.1. The third-order valence-electron chi connectivity index (χ3n) is 4.19. The molecule has 1 aliphatic heterocycles. The van der Waals surface area contributed by atoms with Crippen LogP contribution in [0, 0.1) is 5.41 Å². The van der Waals surface area contributed by atoms with Crippen molar-refractivity contribution in [1.29, 1.82) is 0 Å². The number of aliphatic carboxylic acids is 1. The Morgan fingerprint density at radius 3 is 2.62 bits per heavy atom. The Kier molecular flexibility index (Phi) is 4.79. The molecule has 1 fully saturated rings. The number of carbonyl (C=O) groups excluding carboxylic acids is 1. The first-order chi connectivity index (χ1) is 9.88. The summed E-state index contributed by atoms with van der Waals surface area (Å²) in [6.07, 6.45) is 1.18. The SMILES string of the molecule is CCC1(C(=O)O)CCN(C(=O)Cc2ccc(Cl)cc2Cl)C1. The molecule has 1 unspecified atom stereocenters. The van der Waals surface area contributed by atoms with Crippen molar-refractivity contribution >= 4 is 35.1 Å². The fourth-order valence-corrected chi connectivity index (χ4v) is 3.11. The molecule has 1 atom stereocenters. The number of nitrogens with zero attached hydrogens (tertiary/aromatic N) is 1. The number of hydrogen-bond acceptors (Lipinski definition) is 2. The summed E-state index contributed by atoms with van der Waals surface area (Å²) in [5, 5.41) is 10.3. The van der Waals surface area contributed by atoms with E-state index in [4.69, 9.17) is 23.2 Å². The Morgan fingerprint density at radius 1 is 1.38 bits per heavy atom. The van der Waals surface area contributed by atoms with E-state index in [1.807, 2.05) is 6.92 Å². The average molecular weight is 330 g/mol. The lowest BCUT2D eigenvalue weighted by Crippen LogP contribution is -2.37. The molecular weight excluding hydrogens is 313 g/mol. The zero-order chi connectivity index (χ0) is 15.6. The Labute approximate surface area is 133 Å². The maximum absolute atomic E-state index is 12.3. The summed E-state index contributed by atoms with van der Waals surface area (Å²) in [7, 11) is 0. The first-order valence-corrected chi connectivity index (χ1v) is 7.58. The van der Waals surface area contributed by atoms with Crippen LogP contribution in [0.25, 0.3) is 0 Å². The van der Waals surface area contributed by atoms with Crippen LogP contribution in [-0.2, 0) is 16.0 Å². The minimum absolute atomic E-state index is 0.101. The molecule has 0 spiro atoms. The predicted molar refractivity (Wildman–Crippen MR) is 81.7 cm³/mol. The Hall–Kier alpha value is -1.26. The highest BCUT2D eigenvalue weighted by Crippen LogP contribution is 2.34. The molecule has 1 N–H and O–H groups in total. The molecule has 1 amide bonds. The minimum Gasteiger partial charge on any atom is -0.481 e. The summed E-state index contributed by atoms with van der Waals surface area (Å²) in [5.74, 6) is -0.930. The van der Waals surface area contributed by atoms with E-state index < -0.39 is 11.4 Å². The fraction of sp³-hybridized carbons (Fsp3) is 0.467. The van der Waals surface area contributed by atoms with Crippen LogP contribution in [0.1, 0.15) is 25.3 Å². The molecule has 1 saturated heterocycles. The lowest BCUT2D eigenvalue weighted by atomic mass is 9.84. The number of halogens is 2. The second-order valence-electron chi connectivity index (χ2n) is 5.42. The monoisotopic (exact) mass is 329 g/mol. The molecule has 21 heavy (non-hydrogen) atoms. The van der Waals surface area contributed by atoms with Crippen LogP contribution in [-0.4, -0.2) is 35.0 Å². The summed E-state index contributed by atoms with van der Waals surface area (Å²) < 4.78 is 0. The quantitative estimate of drug-likeness (QED) is 0.922. The van der Waals surface area contributed by atoms with Crippen LogP contribution in [0.2, 0.25) is 10.0 Å². The Bertz CT molecular complexity index is 576. The van der Waals surface area contributed by atoms with Gasteiger partial charge in [0.15, 0.2) is 0 Å². The van der Waals surface area contributed by atoms with Crippen LogP contribution >= 0.6 is 23.2 Å². The van der Waals surface area contributed by atoms with Crippen molar-refractivity contribution in [3.8, 4) is 0 Å². The summed E-state index contributed by atoms with van der Waals surface area (Å²) >= 11 is 11.9. The first-order valence-electron chi connectivity index (χ1n) is 6.83. The summed E-state index contributed by atoms with van der Waals surface area (Å²) in [5.41, 5.74) is -0.102. The van der Waals surface area contributed by atoms with Crippen molar-refractivity contribution < 1.29 is 14.7 Å². The molecule has 1 aromatic carbocycles. The lowest BCUT2D eigenvalue weighted by Gasteiger charge is -2.23. The van der Waals surface area contributed by atoms with Gasteiger partial charge in [0.2, 0.25) is 5.91 Å². The van der Waals surface area contributed by atoms with Gasteiger partial charge in [0.1, 0.15) is 0 Å². The summed E-state index contributed by atoms with van der Waals surface area (Å²) in [4.78, 5) is 25.3. The van der Waals surface area contributed by atoms with Gasteiger partial charge in [0.05, 0.1) is 11.8 Å². The minimum atomic E-state index is -0.829. The van der Waals surface area contributed by atoms with E-state index in [-0.39, 0.29) is 18.9 Å². The van der Waals surface area contributed by atoms with E-state index in [2.05, 4.69) is 0 Å². The van der Waals surface area contributed by atoms with Crippen LogP contribution in [0.15, 0.2) is 18.2 Å². The average Bonchev–Trinajstić information content (AvgIpc) is 2.88. The number of carboxylic acids is 1. The molecule has 1 heterocycles. The third-order valence-corrected chi connectivity index (χ3v) is 4.78. The molecule has 114 valence electrons. The van der Waals surface area contributed by atoms with Crippen LogP contribution in [0.3, 0.4) is 0 Å². The van der Waals surface area contributed by atoms with Crippen molar-refractivity contribution in [2.24, 2.45) is 5.41 Å². The van der Waals surface area contributed by atoms with E-state index in [0.717, 1.165) is 0 Å². The number of rotatable bonds is 4. The van der Waals surface area contributed by atoms with Crippen LogP contribution < -0.4 is 0 Å². The van der Waals surface area contributed by atoms with Crippen molar-refractivity contribution in [3.63, 3.8) is 0 Å². The van der Waals surface area contributed by atoms with Crippen molar-refractivity contribution in [3.05, 3.63) is 33.8 Å². The highest BCUT2D eigenvalue weighted by molar-refractivity contribution is 6.35. The van der Waals surface area contributed by atoms with Gasteiger partial charge in [0, 0.05) is 23.1 Å². The molecule has 6 heteroatoms. The molecule has 0 aliphatic carbocycles.